The molecule has 1 rings (SSSR count). The first-order chi connectivity index (χ1) is 7.09. The van der Waals surface area contributed by atoms with Gasteiger partial charge in [-0.3, -0.25) is 4.79 Å². The smallest absolute Gasteiger partial charge is 0.224 e. The summed E-state index contributed by atoms with van der Waals surface area (Å²) < 4.78 is 1.86. The van der Waals surface area contributed by atoms with Crippen LogP contribution in [0.1, 0.15) is 13.3 Å². The summed E-state index contributed by atoms with van der Waals surface area (Å²) in [6.07, 6.45) is 5.14. The standard InChI is InChI=1S/C10H17N3O2/c1-9(14)7-12(2)10(15)3-5-13-6-4-11-8-13/h4,6,8-9,14H,3,5,7H2,1-2H3. The van der Waals surface area contributed by atoms with Crippen molar-refractivity contribution in [1.29, 1.82) is 0 Å². The molecule has 0 aliphatic rings. The van der Waals surface area contributed by atoms with E-state index in [1.54, 1.807) is 31.4 Å². The Morgan fingerprint density at radius 1 is 1.67 bits per heavy atom. The third-order valence-electron chi connectivity index (χ3n) is 2.11. The fourth-order valence-electron chi connectivity index (χ4n) is 1.33. The number of carbonyl (C=O) groups excluding carboxylic acids is 1. The lowest BCUT2D eigenvalue weighted by Crippen LogP contribution is -2.33. The summed E-state index contributed by atoms with van der Waals surface area (Å²) in [5.41, 5.74) is 0. The van der Waals surface area contributed by atoms with E-state index >= 15 is 0 Å². The van der Waals surface area contributed by atoms with Gasteiger partial charge in [-0.15, -0.1) is 0 Å². The molecule has 5 nitrogen and oxygen atoms in total. The number of amides is 1. The van der Waals surface area contributed by atoms with Gasteiger partial charge < -0.3 is 14.6 Å². The number of likely N-dealkylation sites (N-methyl/N-ethyl adjacent to an activating group) is 1. The molecule has 0 saturated heterocycles. The van der Waals surface area contributed by atoms with Crippen LogP contribution in [0.25, 0.3) is 0 Å². The minimum Gasteiger partial charge on any atom is -0.392 e. The molecule has 0 saturated carbocycles. The third kappa shape index (κ3) is 4.12. The van der Waals surface area contributed by atoms with Gasteiger partial charge in [-0.1, -0.05) is 0 Å². The van der Waals surface area contributed by atoms with E-state index in [9.17, 15) is 4.79 Å². The number of imidazole rings is 1. The summed E-state index contributed by atoms with van der Waals surface area (Å²) in [5.74, 6) is 0.0320. The molecule has 0 aliphatic carbocycles. The van der Waals surface area contributed by atoms with Crippen molar-refractivity contribution in [1.82, 2.24) is 14.5 Å². The summed E-state index contributed by atoms with van der Waals surface area (Å²) in [5, 5.41) is 9.11. The number of aliphatic hydroxyl groups excluding tert-OH is 1. The molecule has 84 valence electrons. The Kier molecular flexibility index (Phi) is 4.30. The van der Waals surface area contributed by atoms with Crippen molar-refractivity contribution >= 4 is 5.91 Å². The second-order valence-electron chi connectivity index (χ2n) is 3.67. The number of hydrogen-bond donors (Lipinski definition) is 1. The summed E-state index contributed by atoms with van der Waals surface area (Å²) in [6, 6.07) is 0. The first kappa shape index (κ1) is 11.7. The van der Waals surface area contributed by atoms with Crippen LogP contribution in [0.2, 0.25) is 0 Å². The van der Waals surface area contributed by atoms with Crippen LogP contribution < -0.4 is 0 Å². The molecule has 1 aromatic heterocycles. The van der Waals surface area contributed by atoms with E-state index in [1.807, 2.05) is 10.8 Å². The Bertz CT molecular complexity index is 296. The predicted octanol–water partition coefficient (Wildman–Crippen LogP) is 0.112. The first-order valence-corrected chi connectivity index (χ1v) is 4.97. The van der Waals surface area contributed by atoms with Gasteiger partial charge in [0.25, 0.3) is 0 Å². The monoisotopic (exact) mass is 211 g/mol. The Morgan fingerprint density at radius 3 is 2.93 bits per heavy atom. The molecular weight excluding hydrogens is 194 g/mol. The molecule has 0 aromatic carbocycles. The molecule has 0 aliphatic heterocycles. The number of rotatable bonds is 5. The van der Waals surface area contributed by atoms with E-state index in [-0.39, 0.29) is 5.91 Å². The molecule has 1 unspecified atom stereocenters. The maximum absolute atomic E-state index is 11.6. The molecule has 1 atom stereocenters. The highest BCUT2D eigenvalue weighted by Gasteiger charge is 2.10. The van der Waals surface area contributed by atoms with Crippen LogP contribution in [0.5, 0.6) is 0 Å². The van der Waals surface area contributed by atoms with Crippen molar-refractivity contribution in [3.63, 3.8) is 0 Å². The molecule has 1 amide bonds. The zero-order valence-corrected chi connectivity index (χ0v) is 9.13. The lowest BCUT2D eigenvalue weighted by molar-refractivity contribution is -0.131. The average molecular weight is 211 g/mol. The number of aryl methyl sites for hydroxylation is 1. The molecule has 0 radical (unpaired) electrons. The van der Waals surface area contributed by atoms with Crippen molar-refractivity contribution in [3.05, 3.63) is 18.7 Å². The fraction of sp³-hybridized carbons (Fsp3) is 0.600. The fourth-order valence-corrected chi connectivity index (χ4v) is 1.33. The highest BCUT2D eigenvalue weighted by Crippen LogP contribution is 1.97. The van der Waals surface area contributed by atoms with E-state index in [0.717, 1.165) is 0 Å². The topological polar surface area (TPSA) is 58.4 Å². The zero-order chi connectivity index (χ0) is 11.3. The van der Waals surface area contributed by atoms with Crippen LogP contribution >= 0.6 is 0 Å². The van der Waals surface area contributed by atoms with Gasteiger partial charge in [-0.2, -0.15) is 0 Å². The highest BCUT2D eigenvalue weighted by molar-refractivity contribution is 5.75. The van der Waals surface area contributed by atoms with Crippen LogP contribution in [0.15, 0.2) is 18.7 Å². The molecule has 1 aromatic rings. The Labute approximate surface area is 89.3 Å². The quantitative estimate of drug-likeness (QED) is 0.752. The van der Waals surface area contributed by atoms with Gasteiger partial charge in [0.1, 0.15) is 0 Å². The van der Waals surface area contributed by atoms with Crippen molar-refractivity contribution in [2.24, 2.45) is 0 Å². The summed E-state index contributed by atoms with van der Waals surface area (Å²) in [6.45, 7) is 2.67. The normalized spacial score (nSPS) is 12.5. The van der Waals surface area contributed by atoms with Crippen LogP contribution in [-0.2, 0) is 11.3 Å². The second-order valence-corrected chi connectivity index (χ2v) is 3.67. The van der Waals surface area contributed by atoms with Crippen LogP contribution in [0.4, 0.5) is 0 Å². The van der Waals surface area contributed by atoms with Crippen molar-refractivity contribution < 1.29 is 9.90 Å². The Hall–Kier alpha value is -1.36. The maximum atomic E-state index is 11.6. The van der Waals surface area contributed by atoms with Crippen molar-refractivity contribution in [2.45, 2.75) is 26.0 Å². The lowest BCUT2D eigenvalue weighted by Gasteiger charge is -2.18. The van der Waals surface area contributed by atoms with Gasteiger partial charge in [-0.05, 0) is 6.92 Å². The average Bonchev–Trinajstić information content (AvgIpc) is 2.65. The van der Waals surface area contributed by atoms with Crippen LogP contribution in [-0.4, -0.2) is 45.2 Å². The molecule has 1 N–H and O–H groups in total. The van der Waals surface area contributed by atoms with E-state index in [0.29, 0.717) is 19.5 Å². The molecule has 0 bridgehead atoms. The first-order valence-electron chi connectivity index (χ1n) is 4.97. The number of hydrogen-bond acceptors (Lipinski definition) is 3. The highest BCUT2D eigenvalue weighted by atomic mass is 16.3. The molecule has 5 heteroatoms. The van der Waals surface area contributed by atoms with Crippen molar-refractivity contribution in [3.8, 4) is 0 Å². The largest absolute Gasteiger partial charge is 0.392 e. The van der Waals surface area contributed by atoms with Gasteiger partial charge in [0.2, 0.25) is 5.91 Å². The van der Waals surface area contributed by atoms with Gasteiger partial charge in [-0.25, -0.2) is 4.98 Å². The molecular formula is C10H17N3O2. The van der Waals surface area contributed by atoms with E-state index in [1.165, 1.54) is 0 Å². The van der Waals surface area contributed by atoms with E-state index < -0.39 is 6.10 Å². The summed E-state index contributed by atoms with van der Waals surface area (Å²) in [7, 11) is 1.70. The van der Waals surface area contributed by atoms with Crippen LogP contribution in [0, 0.1) is 0 Å². The third-order valence-corrected chi connectivity index (χ3v) is 2.11. The summed E-state index contributed by atoms with van der Waals surface area (Å²) >= 11 is 0. The minimum atomic E-state index is -0.479. The Morgan fingerprint density at radius 2 is 2.40 bits per heavy atom. The number of carbonyl (C=O) groups is 1. The molecule has 0 spiro atoms. The number of aliphatic hydroxyl groups is 1. The minimum absolute atomic E-state index is 0.0320. The van der Waals surface area contributed by atoms with E-state index in [4.69, 9.17) is 5.11 Å². The SMILES string of the molecule is CC(O)CN(C)C(=O)CCn1ccnc1. The lowest BCUT2D eigenvalue weighted by atomic mass is 10.3. The summed E-state index contributed by atoms with van der Waals surface area (Å²) in [4.78, 5) is 17.0. The van der Waals surface area contributed by atoms with E-state index in [2.05, 4.69) is 4.98 Å². The van der Waals surface area contributed by atoms with Crippen LogP contribution in [0.3, 0.4) is 0 Å². The predicted molar refractivity (Wildman–Crippen MR) is 56.2 cm³/mol. The van der Waals surface area contributed by atoms with Gasteiger partial charge in [0, 0.05) is 39.0 Å². The number of nitrogens with zero attached hydrogens (tertiary/aromatic N) is 3. The second kappa shape index (κ2) is 5.50. The maximum Gasteiger partial charge on any atom is 0.224 e. The van der Waals surface area contributed by atoms with Crippen molar-refractivity contribution in [2.75, 3.05) is 13.6 Å². The zero-order valence-electron chi connectivity index (χ0n) is 9.13. The molecule has 0 fully saturated rings. The van der Waals surface area contributed by atoms with Gasteiger partial charge in [0.05, 0.1) is 12.4 Å². The molecule has 15 heavy (non-hydrogen) atoms. The Balaban J connectivity index is 2.29. The molecule has 1 heterocycles. The number of aromatic nitrogens is 2. The van der Waals surface area contributed by atoms with Gasteiger partial charge >= 0.3 is 0 Å². The van der Waals surface area contributed by atoms with Gasteiger partial charge in [0.15, 0.2) is 0 Å².